The van der Waals surface area contributed by atoms with Crippen molar-refractivity contribution in [3.8, 4) is 0 Å². The Morgan fingerprint density at radius 1 is 1.25 bits per heavy atom. The Balaban J connectivity index is 1.91. The molecule has 0 atom stereocenters. The highest BCUT2D eigenvalue weighted by atomic mass is 16.5. The maximum atomic E-state index is 5.41. The molecule has 0 aliphatic carbocycles. The van der Waals surface area contributed by atoms with Crippen molar-refractivity contribution < 1.29 is 4.52 Å². The monoisotopic (exact) mass is 280 g/mol. The molecule has 0 aromatic carbocycles. The Morgan fingerprint density at radius 2 is 2.05 bits per heavy atom. The molecule has 0 unspecified atom stereocenters. The molecular weight excluding hydrogens is 252 g/mol. The summed E-state index contributed by atoms with van der Waals surface area (Å²) in [5.41, 5.74) is 0. The molecule has 1 aromatic heterocycles. The minimum absolute atomic E-state index is 0.655. The first-order valence-corrected chi connectivity index (χ1v) is 8.09. The van der Waals surface area contributed by atoms with E-state index in [1.807, 2.05) is 0 Å². The van der Waals surface area contributed by atoms with E-state index in [1.54, 1.807) is 0 Å². The van der Waals surface area contributed by atoms with Gasteiger partial charge in [0.25, 0.3) is 0 Å². The first kappa shape index (κ1) is 15.4. The van der Waals surface area contributed by atoms with E-state index in [2.05, 4.69) is 34.2 Å². The van der Waals surface area contributed by atoms with Crippen LogP contribution in [0.4, 0.5) is 0 Å². The van der Waals surface area contributed by atoms with E-state index in [1.165, 1.54) is 25.7 Å². The fourth-order valence-corrected chi connectivity index (χ4v) is 2.81. The third-order valence-electron chi connectivity index (χ3n) is 3.94. The zero-order chi connectivity index (χ0) is 14.2. The Kier molecular flexibility index (Phi) is 6.47. The van der Waals surface area contributed by atoms with Crippen molar-refractivity contribution in [3.63, 3.8) is 0 Å². The summed E-state index contributed by atoms with van der Waals surface area (Å²) in [7, 11) is 0. The lowest BCUT2D eigenvalue weighted by Crippen LogP contribution is -2.43. The third kappa shape index (κ3) is 4.56. The molecule has 1 aliphatic heterocycles. The predicted molar refractivity (Wildman–Crippen MR) is 79.5 cm³/mol. The minimum Gasteiger partial charge on any atom is -0.338 e. The Hall–Kier alpha value is -0.940. The molecular formula is C15H28N4O. The van der Waals surface area contributed by atoms with Crippen LogP contribution < -0.4 is 5.32 Å². The maximum Gasteiger partial charge on any atom is 0.240 e. The highest BCUT2D eigenvalue weighted by Gasteiger charge is 2.22. The zero-order valence-electron chi connectivity index (χ0n) is 12.9. The normalized spacial score (nSPS) is 16.9. The van der Waals surface area contributed by atoms with Crippen molar-refractivity contribution in [2.24, 2.45) is 0 Å². The Labute approximate surface area is 122 Å². The van der Waals surface area contributed by atoms with E-state index in [4.69, 9.17) is 4.52 Å². The van der Waals surface area contributed by atoms with Crippen LogP contribution in [0.3, 0.4) is 0 Å². The Morgan fingerprint density at radius 3 is 2.75 bits per heavy atom. The van der Waals surface area contributed by atoms with E-state index in [-0.39, 0.29) is 0 Å². The molecule has 1 aromatic rings. The minimum atomic E-state index is 0.655. The van der Waals surface area contributed by atoms with Gasteiger partial charge in [0.1, 0.15) is 0 Å². The second-order valence-corrected chi connectivity index (χ2v) is 5.66. The van der Waals surface area contributed by atoms with Gasteiger partial charge in [-0.3, -0.25) is 4.90 Å². The molecule has 0 saturated carbocycles. The fourth-order valence-electron chi connectivity index (χ4n) is 2.81. The van der Waals surface area contributed by atoms with Gasteiger partial charge in [-0.1, -0.05) is 25.4 Å². The smallest absolute Gasteiger partial charge is 0.240 e. The molecule has 5 nitrogen and oxygen atoms in total. The van der Waals surface area contributed by atoms with Gasteiger partial charge >= 0.3 is 0 Å². The molecule has 0 bridgehead atoms. The molecule has 1 fully saturated rings. The van der Waals surface area contributed by atoms with E-state index >= 15 is 0 Å². The molecule has 5 heteroatoms. The molecule has 0 amide bonds. The van der Waals surface area contributed by atoms with Gasteiger partial charge in [0.2, 0.25) is 5.89 Å². The van der Waals surface area contributed by atoms with Crippen LogP contribution >= 0.6 is 0 Å². The summed E-state index contributed by atoms with van der Waals surface area (Å²) in [6.45, 7) is 8.57. The lowest BCUT2D eigenvalue weighted by atomic mass is 10.0. The molecule has 114 valence electrons. The van der Waals surface area contributed by atoms with Crippen molar-refractivity contribution in [2.45, 2.75) is 65.0 Å². The van der Waals surface area contributed by atoms with Crippen LogP contribution in [-0.2, 0) is 13.0 Å². The summed E-state index contributed by atoms with van der Waals surface area (Å²) in [4.78, 5) is 7.04. The van der Waals surface area contributed by atoms with Crippen LogP contribution in [0.5, 0.6) is 0 Å². The number of unbranched alkanes of at least 4 members (excludes halogenated alkanes) is 1. The second-order valence-electron chi connectivity index (χ2n) is 5.66. The van der Waals surface area contributed by atoms with Crippen LogP contribution in [0.25, 0.3) is 0 Å². The molecule has 1 saturated heterocycles. The van der Waals surface area contributed by atoms with Gasteiger partial charge in [-0.05, 0) is 45.3 Å². The number of aryl methyl sites for hydroxylation is 1. The summed E-state index contributed by atoms with van der Waals surface area (Å²) < 4.78 is 5.41. The van der Waals surface area contributed by atoms with Gasteiger partial charge in [-0.15, -0.1) is 0 Å². The Bertz CT molecular complexity index is 374. The van der Waals surface area contributed by atoms with E-state index in [9.17, 15) is 0 Å². The van der Waals surface area contributed by atoms with Crippen LogP contribution in [0.1, 0.15) is 57.7 Å². The number of piperidine rings is 1. The molecule has 20 heavy (non-hydrogen) atoms. The SMILES string of the molecule is CCCCc1noc(CN(CCC)C2CCNCC2)n1. The van der Waals surface area contributed by atoms with Gasteiger partial charge in [0.15, 0.2) is 5.82 Å². The molecule has 0 radical (unpaired) electrons. The number of hydrogen-bond acceptors (Lipinski definition) is 5. The zero-order valence-corrected chi connectivity index (χ0v) is 12.9. The predicted octanol–water partition coefficient (Wildman–Crippen LogP) is 2.38. The van der Waals surface area contributed by atoms with Crippen LogP contribution in [0.15, 0.2) is 4.52 Å². The highest BCUT2D eigenvalue weighted by Crippen LogP contribution is 2.15. The highest BCUT2D eigenvalue weighted by molar-refractivity contribution is 4.88. The summed E-state index contributed by atoms with van der Waals surface area (Å²) in [6.07, 6.45) is 6.84. The van der Waals surface area contributed by atoms with Crippen molar-refractivity contribution in [1.29, 1.82) is 0 Å². The van der Waals surface area contributed by atoms with Crippen LogP contribution in [0.2, 0.25) is 0 Å². The fraction of sp³-hybridized carbons (Fsp3) is 0.867. The topological polar surface area (TPSA) is 54.2 Å². The number of rotatable bonds is 8. The largest absolute Gasteiger partial charge is 0.338 e. The number of aromatic nitrogens is 2. The van der Waals surface area contributed by atoms with Gasteiger partial charge in [0.05, 0.1) is 6.54 Å². The molecule has 2 rings (SSSR count). The van der Waals surface area contributed by atoms with Gasteiger partial charge < -0.3 is 9.84 Å². The van der Waals surface area contributed by atoms with Crippen molar-refractivity contribution in [3.05, 3.63) is 11.7 Å². The molecule has 1 N–H and O–H groups in total. The van der Waals surface area contributed by atoms with Gasteiger partial charge in [-0.25, -0.2) is 0 Å². The standard InChI is InChI=1S/C15H28N4O/c1-3-5-6-14-17-15(20-18-14)12-19(11-4-2)13-7-9-16-10-8-13/h13,16H,3-12H2,1-2H3. The summed E-state index contributed by atoms with van der Waals surface area (Å²) in [5.74, 6) is 1.65. The average molecular weight is 280 g/mol. The van der Waals surface area contributed by atoms with Gasteiger partial charge in [-0.2, -0.15) is 4.98 Å². The molecule has 2 heterocycles. The van der Waals surface area contributed by atoms with E-state index in [0.29, 0.717) is 6.04 Å². The summed E-state index contributed by atoms with van der Waals surface area (Å²) in [6, 6.07) is 0.655. The van der Waals surface area contributed by atoms with E-state index < -0.39 is 0 Å². The lowest BCUT2D eigenvalue weighted by molar-refractivity contribution is 0.137. The number of nitrogens with one attached hydrogen (secondary N) is 1. The summed E-state index contributed by atoms with van der Waals surface area (Å²) in [5, 5.41) is 7.51. The van der Waals surface area contributed by atoms with Gasteiger partial charge in [0, 0.05) is 12.5 Å². The second kappa shape index (κ2) is 8.37. The van der Waals surface area contributed by atoms with Crippen molar-refractivity contribution >= 4 is 0 Å². The first-order chi connectivity index (χ1) is 9.83. The van der Waals surface area contributed by atoms with Crippen LogP contribution in [-0.4, -0.2) is 40.7 Å². The maximum absolute atomic E-state index is 5.41. The third-order valence-corrected chi connectivity index (χ3v) is 3.94. The first-order valence-electron chi connectivity index (χ1n) is 8.09. The number of nitrogens with zero attached hydrogens (tertiary/aromatic N) is 3. The molecule has 0 spiro atoms. The lowest BCUT2D eigenvalue weighted by Gasteiger charge is -2.33. The summed E-state index contributed by atoms with van der Waals surface area (Å²) >= 11 is 0. The quantitative estimate of drug-likeness (QED) is 0.792. The average Bonchev–Trinajstić information content (AvgIpc) is 2.93. The number of hydrogen-bond donors (Lipinski definition) is 1. The molecule has 1 aliphatic rings. The van der Waals surface area contributed by atoms with E-state index in [0.717, 1.165) is 50.7 Å². The van der Waals surface area contributed by atoms with Crippen molar-refractivity contribution in [1.82, 2.24) is 20.4 Å². The van der Waals surface area contributed by atoms with Crippen LogP contribution in [0, 0.1) is 0 Å². The van der Waals surface area contributed by atoms with Crippen molar-refractivity contribution in [2.75, 3.05) is 19.6 Å².